The van der Waals surface area contributed by atoms with Gasteiger partial charge in [0.1, 0.15) is 12.4 Å². The van der Waals surface area contributed by atoms with Crippen LogP contribution in [0.3, 0.4) is 0 Å². The maximum atomic E-state index is 14.3. The first kappa shape index (κ1) is 15.3. The number of methoxy groups -OCH3 is 1. The Morgan fingerprint density at radius 2 is 1.52 bits per heavy atom. The van der Waals surface area contributed by atoms with Crippen molar-refractivity contribution in [2.75, 3.05) is 20.3 Å². The van der Waals surface area contributed by atoms with Crippen molar-refractivity contribution in [3.8, 4) is 16.9 Å². The lowest BCUT2D eigenvalue weighted by molar-refractivity contribution is 0.344. The second kappa shape index (κ2) is 5.91. The van der Waals surface area contributed by atoms with Crippen LogP contribution in [0.5, 0.6) is 5.75 Å². The number of rotatable bonds is 3. The van der Waals surface area contributed by atoms with Crippen LogP contribution in [-0.4, -0.2) is 26.2 Å². The summed E-state index contributed by atoms with van der Waals surface area (Å²) in [4.78, 5) is 3.87. The van der Waals surface area contributed by atoms with Crippen LogP contribution in [0.15, 0.2) is 29.3 Å². The monoisotopic (exact) mass is 325 g/mol. The molecule has 0 fully saturated rings. The zero-order valence-electron chi connectivity index (χ0n) is 12.0. The summed E-state index contributed by atoms with van der Waals surface area (Å²) in [7, 11) is 1.44. The van der Waals surface area contributed by atoms with Crippen LogP contribution < -0.4 is 4.74 Å². The number of ether oxygens (including phenoxy) is 2. The zero-order valence-corrected chi connectivity index (χ0v) is 12.0. The summed E-state index contributed by atoms with van der Waals surface area (Å²) in [5.74, 6) is -6.57. The molecule has 2 aromatic rings. The van der Waals surface area contributed by atoms with Crippen LogP contribution >= 0.6 is 0 Å². The molecular weight excluding hydrogens is 314 g/mol. The van der Waals surface area contributed by atoms with Gasteiger partial charge in [-0.05, 0) is 17.7 Å². The van der Waals surface area contributed by atoms with Crippen molar-refractivity contribution in [1.29, 1.82) is 0 Å². The molecule has 0 spiro atoms. The molecule has 1 aliphatic rings. The van der Waals surface area contributed by atoms with Gasteiger partial charge < -0.3 is 9.47 Å². The second-order valence-electron chi connectivity index (χ2n) is 4.77. The topological polar surface area (TPSA) is 30.8 Å². The van der Waals surface area contributed by atoms with E-state index in [4.69, 9.17) is 9.47 Å². The van der Waals surface area contributed by atoms with Gasteiger partial charge in [-0.3, -0.25) is 0 Å². The van der Waals surface area contributed by atoms with Crippen molar-refractivity contribution in [2.45, 2.75) is 0 Å². The molecule has 120 valence electrons. The summed E-state index contributed by atoms with van der Waals surface area (Å²) >= 11 is 0. The Morgan fingerprint density at radius 3 is 2.04 bits per heavy atom. The van der Waals surface area contributed by atoms with Crippen LogP contribution in [0.25, 0.3) is 11.1 Å². The summed E-state index contributed by atoms with van der Waals surface area (Å²) in [6.07, 6.45) is 0. The Balaban J connectivity index is 2.28. The minimum Gasteiger partial charge on any atom is -0.497 e. The van der Waals surface area contributed by atoms with Crippen LogP contribution in [-0.2, 0) is 4.74 Å². The molecule has 23 heavy (non-hydrogen) atoms. The van der Waals surface area contributed by atoms with E-state index in [9.17, 15) is 17.6 Å². The SMILES string of the molecule is COc1ccc(-c2c(F)c(F)c(F)c(F)c2C2=NCCO2)cc1. The summed E-state index contributed by atoms with van der Waals surface area (Å²) in [5.41, 5.74) is -0.817. The lowest BCUT2D eigenvalue weighted by Gasteiger charge is -2.14. The second-order valence-corrected chi connectivity index (χ2v) is 4.77. The highest BCUT2D eigenvalue weighted by atomic mass is 19.2. The number of nitrogens with zero attached hydrogens (tertiary/aromatic N) is 1. The lowest BCUT2D eigenvalue weighted by atomic mass is 9.97. The van der Waals surface area contributed by atoms with Crippen molar-refractivity contribution < 1.29 is 27.0 Å². The predicted octanol–water partition coefficient (Wildman–Crippen LogP) is 3.70. The summed E-state index contributed by atoms with van der Waals surface area (Å²) in [6.45, 7) is 0.398. The van der Waals surface area contributed by atoms with Crippen molar-refractivity contribution in [3.05, 3.63) is 53.1 Å². The van der Waals surface area contributed by atoms with Crippen molar-refractivity contribution in [1.82, 2.24) is 0 Å². The standard InChI is InChI=1S/C16H11F4NO2/c1-22-9-4-2-8(3-5-9)10-11(16-21-6-7-23-16)13(18)15(20)14(19)12(10)17/h2-5H,6-7H2,1H3. The highest BCUT2D eigenvalue weighted by molar-refractivity contribution is 6.02. The largest absolute Gasteiger partial charge is 0.497 e. The molecule has 1 aliphatic heterocycles. The fraction of sp³-hybridized carbons (Fsp3) is 0.188. The maximum absolute atomic E-state index is 14.3. The van der Waals surface area contributed by atoms with E-state index in [-0.39, 0.29) is 24.6 Å². The van der Waals surface area contributed by atoms with Crippen molar-refractivity contribution in [2.24, 2.45) is 4.99 Å². The molecule has 7 heteroatoms. The molecule has 3 rings (SSSR count). The van der Waals surface area contributed by atoms with Gasteiger partial charge in [-0.15, -0.1) is 0 Å². The molecule has 3 nitrogen and oxygen atoms in total. The number of halogens is 4. The molecule has 0 aromatic heterocycles. The molecule has 0 atom stereocenters. The third kappa shape index (κ3) is 2.52. The van der Waals surface area contributed by atoms with Crippen LogP contribution in [0.1, 0.15) is 5.56 Å². The Labute approximate surface area is 129 Å². The average Bonchev–Trinajstić information content (AvgIpc) is 3.10. The van der Waals surface area contributed by atoms with Gasteiger partial charge in [0.25, 0.3) is 0 Å². The smallest absolute Gasteiger partial charge is 0.220 e. The van der Waals surface area contributed by atoms with E-state index in [1.165, 1.54) is 31.4 Å². The maximum Gasteiger partial charge on any atom is 0.220 e. The van der Waals surface area contributed by atoms with E-state index < -0.39 is 34.4 Å². The molecule has 0 saturated heterocycles. The van der Waals surface area contributed by atoms with Crippen LogP contribution in [0.4, 0.5) is 17.6 Å². The van der Waals surface area contributed by atoms with Gasteiger partial charge in [0.05, 0.1) is 19.2 Å². The Hall–Kier alpha value is -2.57. The minimum absolute atomic E-state index is 0.148. The summed E-state index contributed by atoms with van der Waals surface area (Å²) < 4.78 is 65.9. The quantitative estimate of drug-likeness (QED) is 0.489. The first-order chi connectivity index (χ1) is 11.0. The van der Waals surface area contributed by atoms with E-state index >= 15 is 0 Å². The fourth-order valence-electron chi connectivity index (χ4n) is 2.35. The van der Waals surface area contributed by atoms with Gasteiger partial charge in [0.15, 0.2) is 23.3 Å². The Bertz CT molecular complexity index is 788. The first-order valence-electron chi connectivity index (χ1n) is 6.72. The first-order valence-corrected chi connectivity index (χ1v) is 6.72. The number of benzene rings is 2. The molecule has 0 aliphatic carbocycles. The molecular formula is C16H11F4NO2. The molecule has 0 bridgehead atoms. The van der Waals surface area contributed by atoms with Crippen LogP contribution in [0.2, 0.25) is 0 Å². The van der Waals surface area contributed by atoms with Crippen LogP contribution in [0, 0.1) is 23.3 Å². The Morgan fingerprint density at radius 1 is 0.913 bits per heavy atom. The van der Waals surface area contributed by atoms with E-state index in [1.54, 1.807) is 0 Å². The molecule has 0 amide bonds. The minimum atomic E-state index is -1.90. The summed E-state index contributed by atoms with van der Waals surface area (Å²) in [5, 5.41) is 0. The molecule has 2 aromatic carbocycles. The molecule has 0 radical (unpaired) electrons. The zero-order chi connectivity index (χ0) is 16.6. The molecule has 1 heterocycles. The van der Waals surface area contributed by atoms with Gasteiger partial charge in [-0.1, -0.05) is 12.1 Å². The van der Waals surface area contributed by atoms with Gasteiger partial charge in [-0.2, -0.15) is 0 Å². The third-order valence-corrected chi connectivity index (χ3v) is 3.45. The number of aliphatic imine (C=N–C) groups is 1. The van der Waals surface area contributed by atoms with E-state index in [0.29, 0.717) is 5.75 Å². The van der Waals surface area contributed by atoms with Gasteiger partial charge >= 0.3 is 0 Å². The third-order valence-electron chi connectivity index (χ3n) is 3.45. The molecule has 0 saturated carbocycles. The van der Waals surface area contributed by atoms with Gasteiger partial charge in [0, 0.05) is 5.56 Å². The van der Waals surface area contributed by atoms with Gasteiger partial charge in [-0.25, -0.2) is 22.6 Å². The number of hydrogen-bond acceptors (Lipinski definition) is 3. The van der Waals surface area contributed by atoms with E-state index in [0.717, 1.165) is 0 Å². The highest BCUT2D eigenvalue weighted by Crippen LogP contribution is 2.34. The predicted molar refractivity (Wildman–Crippen MR) is 75.6 cm³/mol. The molecule has 0 N–H and O–H groups in total. The average molecular weight is 325 g/mol. The van der Waals surface area contributed by atoms with Crippen molar-refractivity contribution >= 4 is 5.90 Å². The van der Waals surface area contributed by atoms with E-state index in [2.05, 4.69) is 4.99 Å². The van der Waals surface area contributed by atoms with Crippen molar-refractivity contribution in [3.63, 3.8) is 0 Å². The number of hydrogen-bond donors (Lipinski definition) is 0. The Kier molecular flexibility index (Phi) is 3.94. The van der Waals surface area contributed by atoms with E-state index in [1.807, 2.05) is 0 Å². The molecule has 0 unspecified atom stereocenters. The lowest BCUT2D eigenvalue weighted by Crippen LogP contribution is -2.12. The fourth-order valence-corrected chi connectivity index (χ4v) is 2.35. The van der Waals surface area contributed by atoms with Gasteiger partial charge in [0.2, 0.25) is 5.90 Å². The summed E-state index contributed by atoms with van der Waals surface area (Å²) in [6, 6.07) is 5.81. The normalized spacial score (nSPS) is 13.7. The highest BCUT2D eigenvalue weighted by Gasteiger charge is 2.30.